The quantitative estimate of drug-likeness (QED) is 0.263. The molecule has 10 nitrogen and oxygen atoms in total. The third-order valence-corrected chi connectivity index (χ3v) is 1.87. The molecule has 0 saturated heterocycles. The molecular weight excluding hydrogens is 286 g/mol. The first kappa shape index (κ1) is 19.9. The van der Waals surface area contributed by atoms with Gasteiger partial charge in [0.05, 0.1) is 12.8 Å². The summed E-state index contributed by atoms with van der Waals surface area (Å²) in [5, 5.41) is 26.1. The Morgan fingerprint density at radius 3 is 1.61 bits per heavy atom. The summed E-state index contributed by atoms with van der Waals surface area (Å²) in [4.78, 5) is 48.2. The van der Waals surface area contributed by atoms with Crippen LogP contribution in [-0.4, -0.2) is 78.2 Å². The summed E-state index contributed by atoms with van der Waals surface area (Å²) >= 11 is 0. The van der Waals surface area contributed by atoms with Gasteiger partial charge in [-0.15, -0.1) is 0 Å². The van der Waals surface area contributed by atoms with Gasteiger partial charge in [-0.05, 0) is 0 Å². The molecular formula is C6H10NaO10P. The summed E-state index contributed by atoms with van der Waals surface area (Å²) in [6, 6.07) is 0. The number of aliphatic hydroxyl groups is 1. The maximum absolute atomic E-state index is 11.1. The number of hydrogen-bond donors (Lipinski definition) is 5. The van der Waals surface area contributed by atoms with Crippen LogP contribution in [0.3, 0.4) is 0 Å². The van der Waals surface area contributed by atoms with Crippen LogP contribution in [0.25, 0.3) is 0 Å². The molecule has 0 fully saturated rings. The molecule has 0 atom stereocenters. The summed E-state index contributed by atoms with van der Waals surface area (Å²) in [6.45, 7) is 0. The van der Waals surface area contributed by atoms with E-state index < -0.39 is 44.2 Å². The fourth-order valence-electron chi connectivity index (χ4n) is 0.900. The van der Waals surface area contributed by atoms with Crippen molar-refractivity contribution < 1.29 is 48.6 Å². The zero-order valence-corrected chi connectivity index (χ0v) is 9.03. The van der Waals surface area contributed by atoms with Crippen LogP contribution >= 0.6 is 7.82 Å². The summed E-state index contributed by atoms with van der Waals surface area (Å²) < 4.78 is 13.8. The molecule has 0 amide bonds. The molecule has 100 valence electrons. The second kappa shape index (κ2) is 7.19. The van der Waals surface area contributed by atoms with E-state index in [0.717, 1.165) is 0 Å². The predicted molar refractivity (Wildman–Crippen MR) is 54.7 cm³/mol. The van der Waals surface area contributed by atoms with Gasteiger partial charge in [-0.25, -0.2) is 9.36 Å². The Hall–Kier alpha value is -0.480. The number of aliphatic carboxylic acids is 2. The summed E-state index contributed by atoms with van der Waals surface area (Å²) in [5.74, 6) is -5.50. The second-order valence-electron chi connectivity index (χ2n) is 3.04. The van der Waals surface area contributed by atoms with Gasteiger partial charge >= 0.3 is 55.3 Å². The van der Waals surface area contributed by atoms with E-state index in [-0.39, 0.29) is 29.6 Å². The van der Waals surface area contributed by atoms with Crippen molar-refractivity contribution in [3.05, 3.63) is 0 Å². The SMILES string of the molecule is O=C(O)CC(O)(CC(=O)O)C(=O)OP(=O)(O)O.[NaH]. The minimum absolute atomic E-state index is 0. The van der Waals surface area contributed by atoms with E-state index >= 15 is 0 Å². The molecule has 0 aliphatic carbocycles. The van der Waals surface area contributed by atoms with Crippen LogP contribution in [0.2, 0.25) is 0 Å². The van der Waals surface area contributed by atoms with Gasteiger partial charge in [-0.2, -0.15) is 0 Å². The van der Waals surface area contributed by atoms with E-state index in [1.807, 2.05) is 0 Å². The van der Waals surface area contributed by atoms with E-state index in [1.165, 1.54) is 0 Å². The van der Waals surface area contributed by atoms with Crippen molar-refractivity contribution >= 4 is 55.3 Å². The molecule has 0 bridgehead atoms. The first-order valence-corrected chi connectivity index (χ1v) is 5.45. The molecule has 0 radical (unpaired) electrons. The number of hydrogen-bond acceptors (Lipinski definition) is 6. The fourth-order valence-corrected chi connectivity index (χ4v) is 1.29. The molecule has 0 aromatic carbocycles. The first-order chi connectivity index (χ1) is 7.46. The molecule has 0 heterocycles. The monoisotopic (exact) mass is 296 g/mol. The van der Waals surface area contributed by atoms with Crippen LogP contribution in [0.5, 0.6) is 0 Å². The topological polar surface area (TPSA) is 179 Å². The third-order valence-electron chi connectivity index (χ3n) is 1.47. The van der Waals surface area contributed by atoms with Gasteiger partial charge in [0.15, 0.2) is 5.60 Å². The third kappa shape index (κ3) is 7.77. The van der Waals surface area contributed by atoms with Crippen LogP contribution in [0.15, 0.2) is 0 Å². The molecule has 18 heavy (non-hydrogen) atoms. The van der Waals surface area contributed by atoms with Crippen molar-refractivity contribution in [1.29, 1.82) is 0 Å². The van der Waals surface area contributed by atoms with Crippen molar-refractivity contribution in [2.45, 2.75) is 18.4 Å². The standard InChI is InChI=1S/C6H9O10P.Na.H/c7-3(8)1-6(12,2-4(9)10)5(11)16-17(13,14)15;;/h12H,1-2H2,(H,7,8)(H,9,10)(H2,13,14,15);;. The number of phosphoric acid groups is 1. The van der Waals surface area contributed by atoms with E-state index in [4.69, 9.17) is 20.0 Å². The number of carbonyl (C=O) groups excluding carboxylic acids is 1. The number of carboxylic acid groups (broad SMARTS) is 2. The molecule has 0 aliphatic rings. The Bertz CT molecular complexity index is 370. The molecule has 0 saturated carbocycles. The Morgan fingerprint density at radius 1 is 1.06 bits per heavy atom. The van der Waals surface area contributed by atoms with E-state index in [0.29, 0.717) is 0 Å². The molecule has 0 aromatic rings. The molecule has 0 aromatic heterocycles. The van der Waals surface area contributed by atoms with Crippen LogP contribution < -0.4 is 0 Å². The fraction of sp³-hybridized carbons (Fsp3) is 0.500. The maximum atomic E-state index is 11.1. The molecule has 0 spiro atoms. The number of rotatable bonds is 6. The van der Waals surface area contributed by atoms with Crippen molar-refractivity contribution in [3.63, 3.8) is 0 Å². The van der Waals surface area contributed by atoms with Crippen LogP contribution in [-0.2, 0) is 23.5 Å². The van der Waals surface area contributed by atoms with Crippen LogP contribution in [0.1, 0.15) is 12.8 Å². The molecule has 5 N–H and O–H groups in total. The van der Waals surface area contributed by atoms with Crippen molar-refractivity contribution in [1.82, 2.24) is 0 Å². The average Bonchev–Trinajstić information content (AvgIpc) is 1.96. The molecule has 0 rings (SSSR count). The van der Waals surface area contributed by atoms with Crippen molar-refractivity contribution in [2.75, 3.05) is 0 Å². The van der Waals surface area contributed by atoms with Gasteiger partial charge < -0.3 is 19.8 Å². The van der Waals surface area contributed by atoms with Crippen LogP contribution in [0, 0.1) is 0 Å². The van der Waals surface area contributed by atoms with Gasteiger partial charge in [0.1, 0.15) is 0 Å². The van der Waals surface area contributed by atoms with E-state index in [9.17, 15) is 24.1 Å². The zero-order valence-electron chi connectivity index (χ0n) is 8.14. The number of phosphoric ester groups is 1. The summed E-state index contributed by atoms with van der Waals surface area (Å²) in [6.07, 6.45) is -2.73. The zero-order chi connectivity index (χ0) is 13.9. The van der Waals surface area contributed by atoms with E-state index in [1.54, 1.807) is 0 Å². The molecule has 0 unspecified atom stereocenters. The molecule has 0 aliphatic heterocycles. The summed E-state index contributed by atoms with van der Waals surface area (Å²) in [5.41, 5.74) is -3.04. The Balaban J connectivity index is 0. The Morgan fingerprint density at radius 2 is 1.39 bits per heavy atom. The minimum atomic E-state index is -5.30. The normalized spacial score (nSPS) is 11.3. The summed E-state index contributed by atoms with van der Waals surface area (Å²) in [7, 11) is -5.30. The van der Waals surface area contributed by atoms with Crippen molar-refractivity contribution in [2.24, 2.45) is 0 Å². The average molecular weight is 296 g/mol. The molecule has 12 heteroatoms. The number of carbonyl (C=O) groups is 3. The van der Waals surface area contributed by atoms with Gasteiger partial charge in [0.25, 0.3) is 0 Å². The van der Waals surface area contributed by atoms with Gasteiger partial charge in [0, 0.05) is 0 Å². The van der Waals surface area contributed by atoms with Gasteiger partial charge in [-0.1, -0.05) is 0 Å². The second-order valence-corrected chi connectivity index (χ2v) is 4.21. The van der Waals surface area contributed by atoms with E-state index in [2.05, 4.69) is 4.52 Å². The van der Waals surface area contributed by atoms with Gasteiger partial charge in [-0.3, -0.25) is 19.4 Å². The van der Waals surface area contributed by atoms with Gasteiger partial charge in [0.2, 0.25) is 0 Å². The Kier molecular flexibility index (Phi) is 7.93. The Labute approximate surface area is 122 Å². The first-order valence-electron chi connectivity index (χ1n) is 3.92. The van der Waals surface area contributed by atoms with Crippen LogP contribution in [0.4, 0.5) is 0 Å². The predicted octanol–water partition coefficient (Wildman–Crippen LogP) is -2.35. The van der Waals surface area contributed by atoms with Crippen molar-refractivity contribution in [3.8, 4) is 0 Å². The number of carboxylic acids is 2.